The lowest BCUT2D eigenvalue weighted by molar-refractivity contribution is -0.137. The number of ether oxygens (including phenoxy) is 1. The van der Waals surface area contributed by atoms with Gasteiger partial charge in [0, 0.05) is 6.54 Å². The summed E-state index contributed by atoms with van der Waals surface area (Å²) in [5.74, 6) is 2.27. The van der Waals surface area contributed by atoms with Gasteiger partial charge in [0.25, 0.3) is 0 Å². The van der Waals surface area contributed by atoms with Gasteiger partial charge in [-0.15, -0.1) is 10.2 Å². The molecule has 1 saturated heterocycles. The van der Waals surface area contributed by atoms with Crippen molar-refractivity contribution in [1.29, 1.82) is 0 Å². The molecule has 2 aliphatic heterocycles. The summed E-state index contributed by atoms with van der Waals surface area (Å²) < 4.78 is 7.68. The number of para-hydroxylation sites is 1. The second kappa shape index (κ2) is 5.53. The smallest absolute Gasteiger partial charge is 0.246 e. The SMILES string of the molecule is C[C@H]1C(=O)N2CCC[C@@H]2c2nnc(COc3ccccc3Cl)n21. The molecule has 0 bridgehead atoms. The van der Waals surface area contributed by atoms with Crippen molar-refractivity contribution < 1.29 is 9.53 Å². The van der Waals surface area contributed by atoms with E-state index < -0.39 is 0 Å². The van der Waals surface area contributed by atoms with Gasteiger partial charge in [-0.3, -0.25) is 9.36 Å². The third-order valence-corrected chi connectivity index (χ3v) is 4.88. The van der Waals surface area contributed by atoms with Gasteiger partial charge in [0.2, 0.25) is 5.91 Å². The minimum absolute atomic E-state index is 0.0558. The van der Waals surface area contributed by atoms with Crippen LogP contribution in [0.3, 0.4) is 0 Å². The third-order valence-electron chi connectivity index (χ3n) is 4.56. The lowest BCUT2D eigenvalue weighted by Gasteiger charge is -2.34. The van der Waals surface area contributed by atoms with E-state index in [1.54, 1.807) is 6.07 Å². The van der Waals surface area contributed by atoms with E-state index in [9.17, 15) is 4.79 Å². The summed E-state index contributed by atoms with van der Waals surface area (Å²) >= 11 is 6.10. The van der Waals surface area contributed by atoms with Crippen molar-refractivity contribution in [3.8, 4) is 5.75 Å². The standard InChI is InChI=1S/C16H17ClN4O2/c1-10-16(22)20-8-4-6-12(20)15-19-18-14(21(10)15)9-23-13-7-3-2-5-11(13)17/h2-3,5,7,10,12H,4,6,8-9H2,1H3/t10-,12+/m0/s1. The fourth-order valence-electron chi connectivity index (χ4n) is 3.44. The predicted octanol–water partition coefficient (Wildman–Crippen LogP) is 2.75. The van der Waals surface area contributed by atoms with E-state index in [0.29, 0.717) is 16.6 Å². The summed E-state index contributed by atoms with van der Waals surface area (Å²) in [6.07, 6.45) is 1.96. The zero-order chi connectivity index (χ0) is 16.0. The Bertz CT molecular complexity index is 760. The number of aromatic nitrogens is 3. The van der Waals surface area contributed by atoms with Gasteiger partial charge >= 0.3 is 0 Å². The molecule has 3 heterocycles. The van der Waals surface area contributed by atoms with Crippen LogP contribution in [0.25, 0.3) is 0 Å². The number of nitrogens with zero attached hydrogens (tertiary/aromatic N) is 4. The van der Waals surface area contributed by atoms with Gasteiger partial charge in [0.05, 0.1) is 11.1 Å². The lowest BCUT2D eigenvalue weighted by atomic mass is 10.1. The molecular weight excluding hydrogens is 316 g/mol. The number of halogens is 1. The largest absolute Gasteiger partial charge is 0.484 e. The zero-order valence-electron chi connectivity index (χ0n) is 12.8. The molecule has 6 nitrogen and oxygen atoms in total. The molecular formula is C16H17ClN4O2. The van der Waals surface area contributed by atoms with Crippen molar-refractivity contribution >= 4 is 17.5 Å². The van der Waals surface area contributed by atoms with Crippen LogP contribution in [0.4, 0.5) is 0 Å². The Hall–Kier alpha value is -2.08. The van der Waals surface area contributed by atoms with Crippen LogP contribution >= 0.6 is 11.6 Å². The van der Waals surface area contributed by atoms with Crippen LogP contribution in [-0.2, 0) is 11.4 Å². The third kappa shape index (κ3) is 2.28. The highest BCUT2D eigenvalue weighted by molar-refractivity contribution is 6.32. The highest BCUT2D eigenvalue weighted by atomic mass is 35.5. The fraction of sp³-hybridized carbons (Fsp3) is 0.438. The first-order valence-corrected chi connectivity index (χ1v) is 8.16. The van der Waals surface area contributed by atoms with Gasteiger partial charge in [-0.1, -0.05) is 23.7 Å². The molecule has 0 saturated carbocycles. The quantitative estimate of drug-likeness (QED) is 0.867. The maximum atomic E-state index is 12.5. The van der Waals surface area contributed by atoms with E-state index >= 15 is 0 Å². The van der Waals surface area contributed by atoms with Crippen LogP contribution in [0.2, 0.25) is 5.02 Å². The number of carbonyl (C=O) groups is 1. The molecule has 2 aliphatic rings. The number of amides is 1. The number of fused-ring (bicyclic) bond motifs is 3. The van der Waals surface area contributed by atoms with E-state index in [1.807, 2.05) is 34.6 Å². The Morgan fingerprint density at radius 2 is 2.17 bits per heavy atom. The fourth-order valence-corrected chi connectivity index (χ4v) is 3.63. The van der Waals surface area contributed by atoms with Crippen LogP contribution in [-0.4, -0.2) is 32.1 Å². The normalized spacial score (nSPS) is 22.9. The van der Waals surface area contributed by atoms with E-state index in [4.69, 9.17) is 16.3 Å². The molecule has 4 rings (SSSR count). The minimum Gasteiger partial charge on any atom is -0.484 e. The van der Waals surface area contributed by atoms with Gasteiger partial charge in [-0.2, -0.15) is 0 Å². The number of rotatable bonds is 3. The molecule has 120 valence electrons. The zero-order valence-corrected chi connectivity index (χ0v) is 13.5. The Morgan fingerprint density at radius 3 is 3.00 bits per heavy atom. The number of hydrogen-bond donors (Lipinski definition) is 0. The number of hydrogen-bond acceptors (Lipinski definition) is 4. The summed E-state index contributed by atoms with van der Waals surface area (Å²) in [7, 11) is 0. The van der Waals surface area contributed by atoms with E-state index in [2.05, 4.69) is 10.2 Å². The second-order valence-corrected chi connectivity index (χ2v) is 6.34. The van der Waals surface area contributed by atoms with Gasteiger partial charge in [-0.05, 0) is 31.9 Å². The van der Waals surface area contributed by atoms with Gasteiger partial charge in [-0.25, -0.2) is 0 Å². The first-order valence-electron chi connectivity index (χ1n) is 7.78. The average molecular weight is 333 g/mol. The number of benzene rings is 1. The predicted molar refractivity (Wildman–Crippen MR) is 84.2 cm³/mol. The monoisotopic (exact) mass is 332 g/mol. The van der Waals surface area contributed by atoms with Crippen molar-refractivity contribution in [3.63, 3.8) is 0 Å². The minimum atomic E-state index is -0.292. The first-order chi connectivity index (χ1) is 11.2. The highest BCUT2D eigenvalue weighted by Crippen LogP contribution is 2.38. The second-order valence-electron chi connectivity index (χ2n) is 5.93. The van der Waals surface area contributed by atoms with Crippen molar-refractivity contribution in [2.75, 3.05) is 6.54 Å². The maximum Gasteiger partial charge on any atom is 0.246 e. The molecule has 23 heavy (non-hydrogen) atoms. The van der Waals surface area contributed by atoms with Crippen LogP contribution in [0.15, 0.2) is 24.3 Å². The van der Waals surface area contributed by atoms with Crippen LogP contribution < -0.4 is 4.74 Å². The summed E-state index contributed by atoms with van der Waals surface area (Å²) in [4.78, 5) is 14.5. The van der Waals surface area contributed by atoms with Crippen LogP contribution in [0.1, 0.15) is 43.5 Å². The molecule has 1 aromatic heterocycles. The Kier molecular flexibility index (Phi) is 3.49. The first kappa shape index (κ1) is 14.5. The van der Waals surface area contributed by atoms with Crippen LogP contribution in [0, 0.1) is 0 Å². The molecule has 0 unspecified atom stereocenters. The van der Waals surface area contributed by atoms with Crippen molar-refractivity contribution in [1.82, 2.24) is 19.7 Å². The molecule has 1 aromatic carbocycles. The van der Waals surface area contributed by atoms with Gasteiger partial charge < -0.3 is 9.64 Å². The van der Waals surface area contributed by atoms with Crippen LogP contribution in [0.5, 0.6) is 5.75 Å². The molecule has 7 heteroatoms. The highest BCUT2D eigenvalue weighted by Gasteiger charge is 2.42. The summed E-state index contributed by atoms with van der Waals surface area (Å²) in [6, 6.07) is 7.06. The topological polar surface area (TPSA) is 60.3 Å². The molecule has 0 radical (unpaired) electrons. The molecule has 0 N–H and O–H groups in total. The van der Waals surface area contributed by atoms with Crippen molar-refractivity contribution in [2.45, 2.75) is 38.5 Å². The van der Waals surface area contributed by atoms with E-state index in [-0.39, 0.29) is 24.6 Å². The Balaban J connectivity index is 1.62. The Morgan fingerprint density at radius 1 is 1.35 bits per heavy atom. The summed E-state index contributed by atoms with van der Waals surface area (Å²) in [6.45, 7) is 2.94. The summed E-state index contributed by atoms with van der Waals surface area (Å²) in [5, 5.41) is 9.13. The average Bonchev–Trinajstić information content (AvgIpc) is 3.18. The van der Waals surface area contributed by atoms with Crippen molar-refractivity contribution in [2.24, 2.45) is 0 Å². The molecule has 1 fully saturated rings. The lowest BCUT2D eigenvalue weighted by Crippen LogP contribution is -2.42. The van der Waals surface area contributed by atoms with E-state index in [0.717, 1.165) is 25.2 Å². The molecule has 2 aromatic rings. The van der Waals surface area contributed by atoms with E-state index in [1.165, 1.54) is 0 Å². The molecule has 2 atom stereocenters. The van der Waals surface area contributed by atoms with Crippen molar-refractivity contribution in [3.05, 3.63) is 40.9 Å². The van der Waals surface area contributed by atoms with Gasteiger partial charge in [0.1, 0.15) is 18.4 Å². The molecule has 0 spiro atoms. The Labute approximate surface area is 139 Å². The maximum absolute atomic E-state index is 12.5. The summed E-state index contributed by atoms with van der Waals surface area (Å²) in [5.41, 5.74) is 0. The number of carbonyl (C=O) groups excluding carboxylic acids is 1. The molecule has 1 amide bonds. The van der Waals surface area contributed by atoms with Gasteiger partial charge in [0.15, 0.2) is 11.6 Å². The molecule has 0 aliphatic carbocycles.